The third kappa shape index (κ3) is 10.8. The maximum Gasteiger partial charge on any atom is 0.408 e. The highest BCUT2D eigenvalue weighted by molar-refractivity contribution is 5.89. The Balaban J connectivity index is 2.89. The number of nitrogens with one attached hydrogen (secondary N) is 3. The lowest BCUT2D eigenvalue weighted by atomic mass is 10.0. The molecule has 172 valence electrons. The number of hydrogen-bond acceptors (Lipinski definition) is 5. The number of amides is 4. The van der Waals surface area contributed by atoms with Gasteiger partial charge in [0, 0.05) is 13.0 Å². The Bertz CT molecular complexity index is 796. The quantitative estimate of drug-likeness (QED) is 0.345. The highest BCUT2D eigenvalue weighted by Gasteiger charge is 2.28. The summed E-state index contributed by atoms with van der Waals surface area (Å²) in [6, 6.07) is 2.26. The molecule has 4 amide bonds. The van der Waals surface area contributed by atoms with Crippen molar-refractivity contribution in [1.82, 2.24) is 16.0 Å². The standard InChI is InChI=1S/C20H29FN4O6/c1-20(2,3)31-19(30)25-15(11-12-6-4-7-13(21)10-12)16(26)24-14(17(27)28)8-5-9-23-18(22)29/h4,6-7,10,14-15H,5,8-9,11H2,1-3H3,(H,24,26)(H,25,30)(H,27,28)(H3,22,23,29). The highest BCUT2D eigenvalue weighted by Crippen LogP contribution is 2.10. The SMILES string of the molecule is CC(C)(C)OC(=O)NC(Cc1cccc(F)c1)C(=O)NC(CCCNC(N)=O)C(=O)O. The number of nitrogens with two attached hydrogens (primary N) is 1. The smallest absolute Gasteiger partial charge is 0.408 e. The van der Waals surface area contributed by atoms with Crippen molar-refractivity contribution in [2.45, 2.75) is 57.7 Å². The number of ether oxygens (including phenoxy) is 1. The Kier molecular flexibility index (Phi) is 9.71. The predicted octanol–water partition coefficient (Wildman–Crippen LogP) is 1.28. The molecule has 6 N–H and O–H groups in total. The van der Waals surface area contributed by atoms with Crippen LogP contribution in [0.4, 0.5) is 14.0 Å². The average Bonchev–Trinajstić information content (AvgIpc) is 2.61. The molecule has 0 aliphatic heterocycles. The van der Waals surface area contributed by atoms with Gasteiger partial charge in [0.1, 0.15) is 23.5 Å². The number of aliphatic carboxylic acids is 1. The first kappa shape index (κ1) is 25.7. The van der Waals surface area contributed by atoms with Crippen molar-refractivity contribution in [3.63, 3.8) is 0 Å². The second-order valence-electron chi connectivity index (χ2n) is 7.87. The first-order valence-corrected chi connectivity index (χ1v) is 9.68. The number of primary amides is 1. The van der Waals surface area contributed by atoms with Gasteiger partial charge in [-0.2, -0.15) is 0 Å². The fourth-order valence-electron chi connectivity index (χ4n) is 2.61. The van der Waals surface area contributed by atoms with Gasteiger partial charge in [-0.15, -0.1) is 0 Å². The molecule has 1 aromatic carbocycles. The van der Waals surface area contributed by atoms with Gasteiger partial charge in [-0.25, -0.2) is 18.8 Å². The van der Waals surface area contributed by atoms with Gasteiger partial charge in [-0.3, -0.25) is 4.79 Å². The van der Waals surface area contributed by atoms with Crippen molar-refractivity contribution < 1.29 is 33.4 Å². The van der Waals surface area contributed by atoms with Crippen molar-refractivity contribution in [2.24, 2.45) is 5.73 Å². The van der Waals surface area contributed by atoms with Gasteiger partial charge < -0.3 is 31.5 Å². The van der Waals surface area contributed by atoms with E-state index in [2.05, 4.69) is 16.0 Å². The van der Waals surface area contributed by atoms with E-state index in [-0.39, 0.29) is 25.8 Å². The average molecular weight is 440 g/mol. The normalized spacial score (nSPS) is 12.9. The molecule has 1 aromatic rings. The Hall–Kier alpha value is -3.37. The summed E-state index contributed by atoms with van der Waals surface area (Å²) in [5.41, 5.74) is 4.55. The third-order valence-electron chi connectivity index (χ3n) is 3.92. The van der Waals surface area contributed by atoms with E-state index in [1.807, 2.05) is 0 Å². The summed E-state index contributed by atoms with van der Waals surface area (Å²) in [4.78, 5) is 47.1. The molecular weight excluding hydrogens is 411 g/mol. The number of carbonyl (C=O) groups excluding carboxylic acids is 3. The topological polar surface area (TPSA) is 160 Å². The minimum Gasteiger partial charge on any atom is -0.480 e. The molecule has 10 nitrogen and oxygen atoms in total. The Morgan fingerprint density at radius 3 is 2.39 bits per heavy atom. The number of hydrogen-bond donors (Lipinski definition) is 5. The fourth-order valence-corrected chi connectivity index (χ4v) is 2.61. The number of carboxylic acid groups (broad SMARTS) is 1. The van der Waals surface area contributed by atoms with Crippen LogP contribution in [-0.2, 0) is 20.7 Å². The van der Waals surface area contributed by atoms with E-state index >= 15 is 0 Å². The van der Waals surface area contributed by atoms with Crippen LogP contribution in [0.1, 0.15) is 39.2 Å². The molecular formula is C20H29FN4O6. The number of urea groups is 1. The number of rotatable bonds is 10. The Morgan fingerprint density at radius 1 is 1.16 bits per heavy atom. The molecule has 2 unspecified atom stereocenters. The molecule has 0 fully saturated rings. The summed E-state index contributed by atoms with van der Waals surface area (Å²) >= 11 is 0. The van der Waals surface area contributed by atoms with Gasteiger partial charge in [0.25, 0.3) is 0 Å². The first-order chi connectivity index (χ1) is 14.4. The number of carboxylic acids is 1. The number of carbonyl (C=O) groups is 4. The van der Waals surface area contributed by atoms with Crippen molar-refractivity contribution in [3.8, 4) is 0 Å². The lowest BCUT2D eigenvalue weighted by Gasteiger charge is -2.24. The van der Waals surface area contributed by atoms with Crippen LogP contribution in [0.5, 0.6) is 0 Å². The lowest BCUT2D eigenvalue weighted by molar-refractivity contribution is -0.142. The van der Waals surface area contributed by atoms with Crippen LogP contribution in [0.2, 0.25) is 0 Å². The second-order valence-corrected chi connectivity index (χ2v) is 7.87. The van der Waals surface area contributed by atoms with Crippen molar-refractivity contribution >= 4 is 24.0 Å². The van der Waals surface area contributed by atoms with E-state index in [1.54, 1.807) is 26.8 Å². The monoisotopic (exact) mass is 440 g/mol. The lowest BCUT2D eigenvalue weighted by Crippen LogP contribution is -2.53. The van der Waals surface area contributed by atoms with Crippen LogP contribution in [0.25, 0.3) is 0 Å². The maximum absolute atomic E-state index is 13.5. The summed E-state index contributed by atoms with van der Waals surface area (Å²) in [5.74, 6) is -2.57. The Morgan fingerprint density at radius 2 is 1.84 bits per heavy atom. The molecule has 0 bridgehead atoms. The van der Waals surface area contributed by atoms with Gasteiger partial charge in [-0.05, 0) is 51.3 Å². The minimum atomic E-state index is -1.28. The van der Waals surface area contributed by atoms with Crippen LogP contribution in [0.15, 0.2) is 24.3 Å². The van der Waals surface area contributed by atoms with Crippen LogP contribution >= 0.6 is 0 Å². The van der Waals surface area contributed by atoms with Gasteiger partial charge in [0.05, 0.1) is 0 Å². The molecule has 0 saturated carbocycles. The molecule has 0 aromatic heterocycles. The molecule has 1 rings (SSSR count). The Labute approximate surface area is 179 Å². The molecule has 11 heteroatoms. The predicted molar refractivity (Wildman–Crippen MR) is 110 cm³/mol. The first-order valence-electron chi connectivity index (χ1n) is 9.68. The van der Waals surface area contributed by atoms with Gasteiger partial charge in [0.2, 0.25) is 5.91 Å². The zero-order chi connectivity index (χ0) is 23.6. The summed E-state index contributed by atoms with van der Waals surface area (Å²) < 4.78 is 18.7. The fraction of sp³-hybridized carbons (Fsp3) is 0.500. The molecule has 0 aliphatic carbocycles. The summed E-state index contributed by atoms with van der Waals surface area (Å²) in [7, 11) is 0. The number of halogens is 1. The highest BCUT2D eigenvalue weighted by atomic mass is 19.1. The molecule has 0 saturated heterocycles. The van der Waals surface area contributed by atoms with Gasteiger partial charge >= 0.3 is 18.1 Å². The molecule has 0 aliphatic rings. The molecule has 2 atom stereocenters. The minimum absolute atomic E-state index is 0.0144. The van der Waals surface area contributed by atoms with Crippen LogP contribution in [-0.4, -0.2) is 53.3 Å². The summed E-state index contributed by atoms with van der Waals surface area (Å²) in [5, 5.41) is 16.5. The van der Waals surface area contributed by atoms with Gasteiger partial charge in [-0.1, -0.05) is 12.1 Å². The number of benzene rings is 1. The van der Waals surface area contributed by atoms with Crippen molar-refractivity contribution in [2.75, 3.05) is 6.54 Å². The molecule has 0 spiro atoms. The van der Waals surface area contributed by atoms with Crippen molar-refractivity contribution in [1.29, 1.82) is 0 Å². The molecule has 31 heavy (non-hydrogen) atoms. The van der Waals surface area contributed by atoms with E-state index < -0.39 is 47.5 Å². The van der Waals surface area contributed by atoms with Crippen molar-refractivity contribution in [3.05, 3.63) is 35.6 Å². The zero-order valence-corrected chi connectivity index (χ0v) is 17.7. The zero-order valence-electron chi connectivity index (χ0n) is 17.7. The maximum atomic E-state index is 13.5. The van der Waals surface area contributed by atoms with E-state index in [4.69, 9.17) is 10.5 Å². The van der Waals surface area contributed by atoms with Crippen LogP contribution < -0.4 is 21.7 Å². The van der Waals surface area contributed by atoms with Crippen LogP contribution in [0, 0.1) is 5.82 Å². The number of alkyl carbamates (subject to hydrolysis) is 1. The summed E-state index contributed by atoms with van der Waals surface area (Å²) in [6.45, 7) is 5.08. The van der Waals surface area contributed by atoms with E-state index in [0.29, 0.717) is 5.56 Å². The third-order valence-corrected chi connectivity index (χ3v) is 3.92. The molecule has 0 radical (unpaired) electrons. The van der Waals surface area contributed by atoms with E-state index in [1.165, 1.54) is 18.2 Å². The van der Waals surface area contributed by atoms with E-state index in [0.717, 1.165) is 0 Å². The molecule has 0 heterocycles. The summed E-state index contributed by atoms with van der Waals surface area (Å²) in [6.07, 6.45) is -0.700. The van der Waals surface area contributed by atoms with E-state index in [9.17, 15) is 28.7 Å². The van der Waals surface area contributed by atoms with Crippen LogP contribution in [0.3, 0.4) is 0 Å². The largest absolute Gasteiger partial charge is 0.480 e. The second kappa shape index (κ2) is 11.7. The van der Waals surface area contributed by atoms with Gasteiger partial charge in [0.15, 0.2) is 0 Å².